The molecule has 1 heterocycles. The topological polar surface area (TPSA) is 79.1 Å². The summed E-state index contributed by atoms with van der Waals surface area (Å²) < 4.78 is 0. The van der Waals surface area contributed by atoms with Crippen LogP contribution in [0, 0.1) is 6.92 Å². The fourth-order valence-corrected chi connectivity index (χ4v) is 2.55. The molecule has 1 atom stereocenters. The molecule has 0 aliphatic heterocycles. The first-order valence-electron chi connectivity index (χ1n) is 7.09. The molecule has 112 valence electrons. The number of H-pyrrole nitrogens is 1. The molecule has 0 unspecified atom stereocenters. The van der Waals surface area contributed by atoms with Crippen LogP contribution < -0.4 is 5.73 Å². The maximum Gasteiger partial charge on any atom is 0.320 e. The summed E-state index contributed by atoms with van der Waals surface area (Å²) in [4.78, 5) is 14.2. The molecule has 2 rings (SSSR count). The Balaban J connectivity index is 2.48. The van der Waals surface area contributed by atoms with Crippen molar-refractivity contribution in [1.82, 2.24) is 4.98 Å². The predicted octanol–water partition coefficient (Wildman–Crippen LogP) is 2.94. The molecule has 4 N–H and O–H groups in total. The zero-order valence-corrected chi connectivity index (χ0v) is 12.7. The van der Waals surface area contributed by atoms with Crippen LogP contribution in [0.4, 0.5) is 0 Å². The van der Waals surface area contributed by atoms with E-state index >= 15 is 0 Å². The van der Waals surface area contributed by atoms with Gasteiger partial charge in [-0.3, -0.25) is 4.79 Å². The van der Waals surface area contributed by atoms with E-state index in [0.29, 0.717) is 6.42 Å². The van der Waals surface area contributed by atoms with Crippen LogP contribution in [-0.4, -0.2) is 22.1 Å². The summed E-state index contributed by atoms with van der Waals surface area (Å²) >= 11 is 0. The number of nitrogens with one attached hydrogen (secondary N) is 1. The van der Waals surface area contributed by atoms with Crippen LogP contribution >= 0.6 is 0 Å². The number of allylic oxidation sites excluding steroid dienone is 2. The molecule has 4 heteroatoms. The van der Waals surface area contributed by atoms with Crippen molar-refractivity contribution in [2.24, 2.45) is 5.73 Å². The quantitative estimate of drug-likeness (QED) is 0.739. The second-order valence-corrected chi connectivity index (χ2v) is 5.79. The molecule has 1 aromatic carbocycles. The van der Waals surface area contributed by atoms with Gasteiger partial charge in [-0.2, -0.15) is 0 Å². The summed E-state index contributed by atoms with van der Waals surface area (Å²) in [6, 6.07) is 3.37. The normalized spacial score (nSPS) is 12.4. The molecule has 0 radical (unpaired) electrons. The van der Waals surface area contributed by atoms with Gasteiger partial charge in [0.25, 0.3) is 0 Å². The Morgan fingerprint density at radius 1 is 1.38 bits per heavy atom. The highest BCUT2D eigenvalue weighted by molar-refractivity contribution is 5.88. The van der Waals surface area contributed by atoms with Crippen LogP contribution in [0.25, 0.3) is 10.9 Å². The molecule has 0 fully saturated rings. The Labute approximate surface area is 124 Å². The van der Waals surface area contributed by atoms with Crippen LogP contribution in [-0.2, 0) is 17.6 Å². The molecule has 4 nitrogen and oxygen atoms in total. The van der Waals surface area contributed by atoms with Crippen LogP contribution in [0.15, 0.2) is 30.0 Å². The first kappa shape index (κ1) is 15.3. The number of nitrogens with two attached hydrogens (primary N) is 1. The van der Waals surface area contributed by atoms with Crippen molar-refractivity contribution in [2.75, 3.05) is 0 Å². The van der Waals surface area contributed by atoms with Gasteiger partial charge in [-0.15, -0.1) is 0 Å². The molecular weight excluding hydrogens is 264 g/mol. The highest BCUT2D eigenvalue weighted by Gasteiger charge is 2.16. The van der Waals surface area contributed by atoms with E-state index in [2.05, 4.69) is 44.0 Å². The number of fused-ring (bicyclic) bond motifs is 1. The monoisotopic (exact) mass is 286 g/mol. The number of aromatic amines is 1. The Hall–Kier alpha value is -2.07. The van der Waals surface area contributed by atoms with E-state index < -0.39 is 12.0 Å². The zero-order valence-electron chi connectivity index (χ0n) is 12.7. The van der Waals surface area contributed by atoms with Gasteiger partial charge >= 0.3 is 5.97 Å². The van der Waals surface area contributed by atoms with Gasteiger partial charge in [0.2, 0.25) is 0 Å². The van der Waals surface area contributed by atoms with Crippen molar-refractivity contribution in [3.8, 4) is 0 Å². The van der Waals surface area contributed by atoms with E-state index in [9.17, 15) is 4.79 Å². The number of aliphatic carboxylic acids is 1. The molecule has 0 bridgehead atoms. The third-order valence-corrected chi connectivity index (χ3v) is 3.57. The summed E-state index contributed by atoms with van der Waals surface area (Å²) in [5, 5.41) is 10.1. The summed E-state index contributed by atoms with van der Waals surface area (Å²) in [5.74, 6) is -0.970. The van der Waals surface area contributed by atoms with Crippen LogP contribution in [0.3, 0.4) is 0 Å². The molecule has 1 aromatic heterocycles. The van der Waals surface area contributed by atoms with Crippen molar-refractivity contribution in [1.29, 1.82) is 0 Å². The molecule has 0 saturated heterocycles. The second-order valence-electron chi connectivity index (χ2n) is 5.79. The Morgan fingerprint density at radius 2 is 2.10 bits per heavy atom. The van der Waals surface area contributed by atoms with Crippen LogP contribution in [0.5, 0.6) is 0 Å². The number of rotatable bonds is 5. The van der Waals surface area contributed by atoms with Crippen molar-refractivity contribution >= 4 is 16.9 Å². The average Bonchev–Trinajstić information content (AvgIpc) is 2.78. The van der Waals surface area contributed by atoms with Gasteiger partial charge < -0.3 is 15.8 Å². The molecule has 0 spiro atoms. The molecule has 2 aromatic rings. The number of carbonyl (C=O) groups is 1. The van der Waals surface area contributed by atoms with Crippen LogP contribution in [0.1, 0.15) is 30.5 Å². The van der Waals surface area contributed by atoms with Crippen LogP contribution in [0.2, 0.25) is 0 Å². The highest BCUT2D eigenvalue weighted by atomic mass is 16.4. The summed E-state index contributed by atoms with van der Waals surface area (Å²) in [7, 11) is 0. The lowest BCUT2D eigenvalue weighted by Crippen LogP contribution is -2.32. The van der Waals surface area contributed by atoms with Gasteiger partial charge in [-0.05, 0) is 49.9 Å². The smallest absolute Gasteiger partial charge is 0.320 e. The zero-order chi connectivity index (χ0) is 15.6. The lowest BCUT2D eigenvalue weighted by molar-refractivity contribution is -0.138. The number of carboxylic acid groups (broad SMARTS) is 1. The van der Waals surface area contributed by atoms with Gasteiger partial charge in [0.1, 0.15) is 6.04 Å². The van der Waals surface area contributed by atoms with Gasteiger partial charge in [0.05, 0.1) is 0 Å². The van der Waals surface area contributed by atoms with E-state index in [1.807, 2.05) is 6.20 Å². The molecule has 21 heavy (non-hydrogen) atoms. The number of hydrogen-bond acceptors (Lipinski definition) is 2. The molecule has 0 amide bonds. The van der Waals surface area contributed by atoms with Crippen molar-refractivity contribution < 1.29 is 9.90 Å². The first-order chi connectivity index (χ1) is 9.88. The summed E-state index contributed by atoms with van der Waals surface area (Å²) in [6.45, 7) is 6.21. The maximum atomic E-state index is 11.0. The van der Waals surface area contributed by atoms with Gasteiger partial charge in [-0.25, -0.2) is 0 Å². The van der Waals surface area contributed by atoms with Gasteiger partial charge in [0, 0.05) is 23.5 Å². The maximum absolute atomic E-state index is 11.0. The molecule has 0 aliphatic carbocycles. The van der Waals surface area contributed by atoms with Crippen molar-refractivity contribution in [3.05, 3.63) is 46.7 Å². The third kappa shape index (κ3) is 3.52. The lowest BCUT2D eigenvalue weighted by atomic mass is 9.97. The number of aromatic nitrogens is 1. The second kappa shape index (κ2) is 6.14. The molecular formula is C17H22N2O2. The van der Waals surface area contributed by atoms with E-state index in [-0.39, 0.29) is 0 Å². The lowest BCUT2D eigenvalue weighted by Gasteiger charge is -2.09. The summed E-state index contributed by atoms with van der Waals surface area (Å²) in [5.41, 5.74) is 11.4. The van der Waals surface area contributed by atoms with E-state index in [0.717, 1.165) is 22.9 Å². The number of hydrogen-bond donors (Lipinski definition) is 3. The third-order valence-electron chi connectivity index (χ3n) is 3.57. The fraction of sp³-hybridized carbons (Fsp3) is 0.353. The van der Waals surface area contributed by atoms with E-state index in [1.54, 1.807) is 0 Å². The average molecular weight is 286 g/mol. The number of carboxylic acids is 1. The largest absolute Gasteiger partial charge is 0.480 e. The first-order valence-corrected chi connectivity index (χ1v) is 7.09. The number of benzene rings is 1. The Morgan fingerprint density at radius 3 is 2.71 bits per heavy atom. The Kier molecular flexibility index (Phi) is 4.48. The van der Waals surface area contributed by atoms with E-state index in [1.165, 1.54) is 16.7 Å². The fourth-order valence-electron chi connectivity index (χ4n) is 2.55. The van der Waals surface area contributed by atoms with Gasteiger partial charge in [-0.1, -0.05) is 17.7 Å². The minimum Gasteiger partial charge on any atom is -0.480 e. The highest BCUT2D eigenvalue weighted by Crippen LogP contribution is 2.26. The molecule has 0 saturated carbocycles. The minimum atomic E-state index is -0.970. The van der Waals surface area contributed by atoms with E-state index in [4.69, 9.17) is 10.8 Å². The summed E-state index contributed by atoms with van der Waals surface area (Å²) in [6.07, 6.45) is 5.23. The standard InChI is InChI=1S/C17H22N2O2/c1-10(2)4-5-12-6-11(3)7-15-16(12)13(9-19-15)8-14(18)17(20)21/h4,6-7,9,14,19H,5,8,18H2,1-3H3,(H,20,21)/t14-/m0/s1. The van der Waals surface area contributed by atoms with Crippen molar-refractivity contribution in [3.63, 3.8) is 0 Å². The Bertz CT molecular complexity index is 694. The van der Waals surface area contributed by atoms with Gasteiger partial charge in [0.15, 0.2) is 0 Å². The SMILES string of the molecule is CC(C)=CCc1cc(C)cc2[nH]cc(C[C@H](N)C(=O)O)c12. The predicted molar refractivity (Wildman–Crippen MR) is 85.5 cm³/mol. The minimum absolute atomic E-state index is 0.334. The number of aryl methyl sites for hydroxylation is 1. The van der Waals surface area contributed by atoms with Crippen molar-refractivity contribution in [2.45, 2.75) is 39.7 Å². The molecule has 0 aliphatic rings.